The summed E-state index contributed by atoms with van der Waals surface area (Å²) < 4.78 is 7.29. The number of aromatic nitrogens is 2. The monoisotopic (exact) mass is 333 g/mol. The van der Waals surface area contributed by atoms with Gasteiger partial charge in [0.05, 0.1) is 30.5 Å². The number of rotatable bonds is 3. The van der Waals surface area contributed by atoms with Gasteiger partial charge >= 0.3 is 0 Å². The van der Waals surface area contributed by atoms with Crippen molar-refractivity contribution >= 4 is 27.5 Å². The summed E-state index contributed by atoms with van der Waals surface area (Å²) in [6.45, 7) is 1.66. The number of carbonyl (C=O) groups is 1. The smallest absolute Gasteiger partial charge is 0.262 e. The summed E-state index contributed by atoms with van der Waals surface area (Å²) in [5.74, 6) is 0.113. The van der Waals surface area contributed by atoms with Crippen LogP contribution in [-0.4, -0.2) is 45.7 Å². The zero-order valence-electron chi connectivity index (χ0n) is 12.8. The maximum Gasteiger partial charge on any atom is 0.262 e. The Bertz CT molecular complexity index is 784. The molecular formula is C16H19N3O3S. The van der Waals surface area contributed by atoms with Gasteiger partial charge in [0.2, 0.25) is 5.91 Å². The van der Waals surface area contributed by atoms with E-state index in [4.69, 9.17) is 4.74 Å². The van der Waals surface area contributed by atoms with Crippen LogP contribution in [0.15, 0.2) is 22.6 Å². The number of amides is 1. The highest BCUT2D eigenvalue weighted by molar-refractivity contribution is 7.16. The van der Waals surface area contributed by atoms with Crippen LogP contribution in [0, 0.1) is 0 Å². The van der Waals surface area contributed by atoms with Crippen LogP contribution in [0.3, 0.4) is 0 Å². The van der Waals surface area contributed by atoms with E-state index in [1.165, 1.54) is 11.3 Å². The molecule has 3 heterocycles. The third-order valence-electron chi connectivity index (χ3n) is 4.82. The first-order valence-electron chi connectivity index (χ1n) is 8.08. The Balaban J connectivity index is 1.46. The van der Waals surface area contributed by atoms with Gasteiger partial charge in [-0.1, -0.05) is 0 Å². The number of carbonyl (C=O) groups excluding carboxylic acids is 1. The van der Waals surface area contributed by atoms with E-state index in [-0.39, 0.29) is 23.6 Å². The molecule has 1 saturated carbocycles. The number of morpholine rings is 1. The molecular weight excluding hydrogens is 314 g/mol. The van der Waals surface area contributed by atoms with Crippen molar-refractivity contribution in [2.24, 2.45) is 0 Å². The summed E-state index contributed by atoms with van der Waals surface area (Å²) >= 11 is 1.45. The van der Waals surface area contributed by atoms with Crippen molar-refractivity contribution in [3.8, 4) is 0 Å². The maximum atomic E-state index is 12.6. The molecule has 6 nitrogen and oxygen atoms in total. The molecule has 0 spiro atoms. The molecule has 4 rings (SSSR count). The topological polar surface area (TPSA) is 64.4 Å². The summed E-state index contributed by atoms with van der Waals surface area (Å²) in [6, 6.07) is 2.02. The van der Waals surface area contributed by atoms with Gasteiger partial charge in [-0.2, -0.15) is 0 Å². The van der Waals surface area contributed by atoms with Crippen LogP contribution in [0.5, 0.6) is 0 Å². The van der Waals surface area contributed by atoms with E-state index in [0.29, 0.717) is 31.5 Å². The Morgan fingerprint density at radius 2 is 2.35 bits per heavy atom. The zero-order chi connectivity index (χ0) is 15.8. The molecule has 122 valence electrons. The largest absolute Gasteiger partial charge is 0.374 e. The normalized spacial score (nSPS) is 24.1. The molecule has 2 atom stereocenters. The lowest BCUT2D eigenvalue weighted by Gasteiger charge is -2.37. The first kappa shape index (κ1) is 14.8. The number of hydrogen-bond donors (Lipinski definition) is 0. The molecule has 0 radical (unpaired) electrons. The van der Waals surface area contributed by atoms with Gasteiger partial charge < -0.3 is 9.64 Å². The fourth-order valence-corrected chi connectivity index (χ4v) is 4.37. The van der Waals surface area contributed by atoms with Gasteiger partial charge in [0, 0.05) is 19.5 Å². The number of fused-ring (bicyclic) bond motifs is 2. The Hall–Kier alpha value is -1.73. The third kappa shape index (κ3) is 2.68. The molecule has 23 heavy (non-hydrogen) atoms. The summed E-state index contributed by atoms with van der Waals surface area (Å²) in [7, 11) is 0. The van der Waals surface area contributed by atoms with Crippen molar-refractivity contribution in [2.45, 2.75) is 44.4 Å². The summed E-state index contributed by atoms with van der Waals surface area (Å²) in [5, 5.41) is 2.50. The Labute approximate surface area is 137 Å². The van der Waals surface area contributed by atoms with Gasteiger partial charge in [0.15, 0.2) is 0 Å². The Kier molecular flexibility index (Phi) is 3.90. The van der Waals surface area contributed by atoms with Crippen LogP contribution < -0.4 is 5.56 Å². The van der Waals surface area contributed by atoms with E-state index in [0.717, 1.165) is 24.1 Å². The summed E-state index contributed by atoms with van der Waals surface area (Å²) in [4.78, 5) is 31.9. The molecule has 0 aromatic carbocycles. The van der Waals surface area contributed by atoms with Gasteiger partial charge in [-0.15, -0.1) is 11.3 Å². The van der Waals surface area contributed by atoms with Crippen molar-refractivity contribution in [1.29, 1.82) is 0 Å². The van der Waals surface area contributed by atoms with Gasteiger partial charge in [-0.05, 0) is 30.7 Å². The molecule has 7 heteroatoms. The highest BCUT2D eigenvalue weighted by atomic mass is 32.1. The van der Waals surface area contributed by atoms with Gasteiger partial charge in [-0.3, -0.25) is 14.2 Å². The minimum absolute atomic E-state index is 0.0650. The van der Waals surface area contributed by atoms with Crippen LogP contribution in [0.4, 0.5) is 0 Å². The average Bonchev–Trinajstić information content (AvgIpc) is 3.22. The lowest BCUT2D eigenvalue weighted by Crippen LogP contribution is -2.51. The molecule has 2 aromatic rings. The SMILES string of the molecule is O=C(CCn1cnc2sccc2c1=O)N1CCO[C@H]2CCC[C@H]21. The predicted octanol–water partition coefficient (Wildman–Crippen LogP) is 1.63. The molecule has 0 unspecified atom stereocenters. The molecule has 2 aromatic heterocycles. The van der Waals surface area contributed by atoms with Crippen LogP contribution in [0.1, 0.15) is 25.7 Å². The van der Waals surface area contributed by atoms with Crippen molar-refractivity contribution in [2.75, 3.05) is 13.2 Å². The molecule has 2 fully saturated rings. The molecule has 1 aliphatic heterocycles. The Morgan fingerprint density at radius 1 is 1.43 bits per heavy atom. The quantitative estimate of drug-likeness (QED) is 0.856. The lowest BCUT2D eigenvalue weighted by molar-refractivity contribution is -0.144. The second kappa shape index (κ2) is 6.05. The minimum atomic E-state index is -0.0650. The Morgan fingerprint density at radius 3 is 3.26 bits per heavy atom. The van der Waals surface area contributed by atoms with Crippen LogP contribution in [0.2, 0.25) is 0 Å². The predicted molar refractivity (Wildman–Crippen MR) is 87.6 cm³/mol. The summed E-state index contributed by atoms with van der Waals surface area (Å²) in [5.41, 5.74) is -0.0650. The summed E-state index contributed by atoms with van der Waals surface area (Å²) in [6.07, 6.45) is 5.29. The minimum Gasteiger partial charge on any atom is -0.374 e. The van der Waals surface area contributed by atoms with E-state index in [1.807, 2.05) is 10.3 Å². The maximum absolute atomic E-state index is 12.6. The second-order valence-electron chi connectivity index (χ2n) is 6.13. The second-order valence-corrected chi connectivity index (χ2v) is 7.02. The molecule has 1 amide bonds. The van der Waals surface area contributed by atoms with Crippen LogP contribution in [-0.2, 0) is 16.1 Å². The average molecular weight is 333 g/mol. The van der Waals surface area contributed by atoms with Gasteiger partial charge in [0.25, 0.3) is 5.56 Å². The highest BCUT2D eigenvalue weighted by Gasteiger charge is 2.38. The number of thiophene rings is 1. The first-order chi connectivity index (χ1) is 11.2. The van der Waals surface area contributed by atoms with Crippen molar-refractivity contribution in [3.05, 3.63) is 28.1 Å². The van der Waals surface area contributed by atoms with Crippen molar-refractivity contribution in [3.63, 3.8) is 0 Å². The first-order valence-corrected chi connectivity index (χ1v) is 8.96. The molecule has 2 aliphatic rings. The van der Waals surface area contributed by atoms with Crippen molar-refractivity contribution < 1.29 is 9.53 Å². The van der Waals surface area contributed by atoms with E-state index in [1.54, 1.807) is 17.0 Å². The molecule has 0 N–H and O–H groups in total. The lowest BCUT2D eigenvalue weighted by atomic mass is 10.1. The van der Waals surface area contributed by atoms with E-state index >= 15 is 0 Å². The highest BCUT2D eigenvalue weighted by Crippen LogP contribution is 2.30. The van der Waals surface area contributed by atoms with E-state index < -0.39 is 0 Å². The number of aryl methyl sites for hydroxylation is 1. The van der Waals surface area contributed by atoms with Gasteiger partial charge in [0.1, 0.15) is 4.83 Å². The standard InChI is InChI=1S/C16H19N3O3S/c20-14(19-7-8-22-13-3-1-2-12(13)19)4-6-18-10-17-15-11(16(18)21)5-9-23-15/h5,9-10,12-13H,1-4,6-8H2/t12-,13+/m1/s1. The number of nitrogens with zero attached hydrogens (tertiary/aromatic N) is 3. The van der Waals surface area contributed by atoms with Crippen molar-refractivity contribution in [1.82, 2.24) is 14.5 Å². The van der Waals surface area contributed by atoms with Gasteiger partial charge in [-0.25, -0.2) is 4.98 Å². The van der Waals surface area contributed by atoms with E-state index in [9.17, 15) is 9.59 Å². The fourth-order valence-electron chi connectivity index (χ4n) is 3.65. The van der Waals surface area contributed by atoms with Crippen LogP contribution in [0.25, 0.3) is 10.2 Å². The fraction of sp³-hybridized carbons (Fsp3) is 0.562. The number of hydrogen-bond acceptors (Lipinski definition) is 5. The van der Waals surface area contributed by atoms with Crippen LogP contribution >= 0.6 is 11.3 Å². The molecule has 1 aliphatic carbocycles. The third-order valence-corrected chi connectivity index (χ3v) is 5.64. The molecule has 0 bridgehead atoms. The van der Waals surface area contributed by atoms with E-state index in [2.05, 4.69) is 4.98 Å². The molecule has 1 saturated heterocycles. The zero-order valence-corrected chi connectivity index (χ0v) is 13.6. The number of ether oxygens (including phenoxy) is 1.